The number of aromatic nitrogens is 2. The fraction of sp³-hybridized carbons (Fsp3) is 0.500. The van der Waals surface area contributed by atoms with Crippen LogP contribution in [0, 0.1) is 0 Å². The van der Waals surface area contributed by atoms with Crippen LogP contribution < -0.4 is 16.0 Å². The molecular weight excluding hydrogens is 286 g/mol. The fourth-order valence-electron chi connectivity index (χ4n) is 1.07. The van der Waals surface area contributed by atoms with Crippen molar-refractivity contribution in [2.75, 3.05) is 30.8 Å². The Morgan fingerprint density at radius 1 is 1.47 bits per heavy atom. The highest BCUT2D eigenvalue weighted by atomic mass is 79.9. The van der Waals surface area contributed by atoms with E-state index in [0.29, 0.717) is 11.8 Å². The van der Waals surface area contributed by atoms with Gasteiger partial charge in [-0.3, -0.25) is 4.79 Å². The number of carbonyl (C=O) groups excluding carboxylic acids is 1. The summed E-state index contributed by atoms with van der Waals surface area (Å²) in [4.78, 5) is 19.5. The average Bonchev–Trinajstić information content (AvgIpc) is 2.35. The smallest absolute Gasteiger partial charge is 0.239 e. The highest BCUT2D eigenvalue weighted by molar-refractivity contribution is 9.10. The first-order valence-corrected chi connectivity index (χ1v) is 6.17. The van der Waals surface area contributed by atoms with E-state index >= 15 is 0 Å². The molecule has 94 valence electrons. The monoisotopic (exact) mass is 301 g/mol. The molecule has 0 bridgehead atoms. The SMILES string of the molecule is CCCNc1ncc(Br)c(NCC(=O)NC)n1. The molecule has 17 heavy (non-hydrogen) atoms. The number of amides is 1. The lowest BCUT2D eigenvalue weighted by atomic mass is 10.5. The maximum Gasteiger partial charge on any atom is 0.239 e. The Balaban J connectivity index is 2.65. The van der Waals surface area contributed by atoms with E-state index in [1.54, 1.807) is 13.2 Å². The molecule has 0 fully saturated rings. The molecule has 1 aromatic rings. The summed E-state index contributed by atoms with van der Waals surface area (Å²) in [7, 11) is 1.59. The lowest BCUT2D eigenvalue weighted by Crippen LogP contribution is -2.26. The lowest BCUT2D eigenvalue weighted by Gasteiger charge is -2.09. The number of hydrogen-bond acceptors (Lipinski definition) is 5. The summed E-state index contributed by atoms with van der Waals surface area (Å²) < 4.78 is 0.725. The van der Waals surface area contributed by atoms with Gasteiger partial charge in [-0.1, -0.05) is 6.92 Å². The minimum Gasteiger partial charge on any atom is -0.360 e. The second kappa shape index (κ2) is 7.05. The molecule has 0 radical (unpaired) electrons. The predicted octanol–water partition coefficient (Wildman–Crippen LogP) is 1.22. The third-order valence-electron chi connectivity index (χ3n) is 1.97. The number of anilines is 2. The Hall–Kier alpha value is -1.37. The van der Waals surface area contributed by atoms with Gasteiger partial charge in [-0.15, -0.1) is 0 Å². The van der Waals surface area contributed by atoms with E-state index in [9.17, 15) is 4.79 Å². The summed E-state index contributed by atoms with van der Waals surface area (Å²) in [6.45, 7) is 3.06. The molecule has 1 amide bonds. The van der Waals surface area contributed by atoms with E-state index in [2.05, 4.69) is 48.8 Å². The van der Waals surface area contributed by atoms with Gasteiger partial charge in [0.25, 0.3) is 0 Å². The van der Waals surface area contributed by atoms with Crippen molar-refractivity contribution >= 4 is 33.6 Å². The fourth-order valence-corrected chi connectivity index (χ4v) is 1.40. The molecule has 6 nitrogen and oxygen atoms in total. The van der Waals surface area contributed by atoms with Crippen molar-refractivity contribution in [1.82, 2.24) is 15.3 Å². The molecule has 1 rings (SSSR count). The van der Waals surface area contributed by atoms with Crippen molar-refractivity contribution in [2.45, 2.75) is 13.3 Å². The minimum absolute atomic E-state index is 0.0985. The standard InChI is InChI=1S/C10H16BrN5O/c1-3-4-13-10-15-5-7(11)9(16-10)14-6-8(17)12-2/h5H,3-4,6H2,1-2H3,(H,12,17)(H2,13,14,15,16). The Bertz CT molecular complexity index is 385. The first-order chi connectivity index (χ1) is 8.17. The Morgan fingerprint density at radius 2 is 2.24 bits per heavy atom. The maximum atomic E-state index is 11.1. The van der Waals surface area contributed by atoms with Crippen LogP contribution in [0.2, 0.25) is 0 Å². The van der Waals surface area contributed by atoms with Crippen molar-refractivity contribution in [3.05, 3.63) is 10.7 Å². The van der Waals surface area contributed by atoms with Crippen molar-refractivity contribution in [3.8, 4) is 0 Å². The number of likely N-dealkylation sites (N-methyl/N-ethyl adjacent to an activating group) is 1. The van der Waals surface area contributed by atoms with Crippen LogP contribution in [0.15, 0.2) is 10.7 Å². The van der Waals surface area contributed by atoms with E-state index in [1.165, 1.54) is 0 Å². The molecule has 0 saturated carbocycles. The van der Waals surface area contributed by atoms with Gasteiger partial charge in [0.1, 0.15) is 5.82 Å². The molecule has 0 saturated heterocycles. The van der Waals surface area contributed by atoms with Crippen molar-refractivity contribution in [3.63, 3.8) is 0 Å². The normalized spacial score (nSPS) is 9.82. The van der Waals surface area contributed by atoms with Gasteiger partial charge in [0.05, 0.1) is 11.0 Å². The van der Waals surface area contributed by atoms with Crippen LogP contribution in [0.1, 0.15) is 13.3 Å². The minimum atomic E-state index is -0.0985. The number of hydrogen-bond donors (Lipinski definition) is 3. The molecule has 0 atom stereocenters. The second-order valence-electron chi connectivity index (χ2n) is 3.34. The third-order valence-corrected chi connectivity index (χ3v) is 2.55. The largest absolute Gasteiger partial charge is 0.360 e. The number of carbonyl (C=O) groups is 1. The van der Waals surface area contributed by atoms with Crippen molar-refractivity contribution in [1.29, 1.82) is 0 Å². The molecular formula is C10H16BrN5O. The second-order valence-corrected chi connectivity index (χ2v) is 4.20. The van der Waals surface area contributed by atoms with Gasteiger partial charge >= 0.3 is 0 Å². The van der Waals surface area contributed by atoms with E-state index < -0.39 is 0 Å². The summed E-state index contributed by atoms with van der Waals surface area (Å²) in [5, 5.41) is 8.54. The molecule has 0 spiro atoms. The van der Waals surface area contributed by atoms with Gasteiger partial charge in [0.15, 0.2) is 0 Å². The zero-order valence-corrected chi connectivity index (χ0v) is 11.5. The van der Waals surface area contributed by atoms with Crippen LogP contribution in [-0.4, -0.2) is 36.0 Å². The lowest BCUT2D eigenvalue weighted by molar-refractivity contribution is -0.118. The Labute approximate surface area is 109 Å². The molecule has 0 aliphatic heterocycles. The van der Waals surface area contributed by atoms with Gasteiger partial charge in [0.2, 0.25) is 11.9 Å². The zero-order valence-electron chi connectivity index (χ0n) is 9.88. The summed E-state index contributed by atoms with van der Waals surface area (Å²) in [5.41, 5.74) is 0. The van der Waals surface area contributed by atoms with Crippen LogP contribution in [0.5, 0.6) is 0 Å². The first kappa shape index (κ1) is 13.7. The Kier molecular flexibility index (Phi) is 5.68. The average molecular weight is 302 g/mol. The quantitative estimate of drug-likeness (QED) is 0.736. The van der Waals surface area contributed by atoms with E-state index in [4.69, 9.17) is 0 Å². The van der Waals surface area contributed by atoms with E-state index in [0.717, 1.165) is 17.4 Å². The predicted molar refractivity (Wildman–Crippen MR) is 71.1 cm³/mol. The summed E-state index contributed by atoms with van der Waals surface area (Å²) in [6, 6.07) is 0. The molecule has 0 unspecified atom stereocenters. The van der Waals surface area contributed by atoms with Gasteiger partial charge in [0, 0.05) is 19.8 Å². The molecule has 0 aromatic carbocycles. The van der Waals surface area contributed by atoms with Crippen LogP contribution in [0.25, 0.3) is 0 Å². The summed E-state index contributed by atoms with van der Waals surface area (Å²) in [6.07, 6.45) is 2.65. The van der Waals surface area contributed by atoms with Crippen LogP contribution in [-0.2, 0) is 4.79 Å². The zero-order chi connectivity index (χ0) is 12.7. The van der Waals surface area contributed by atoms with E-state index in [1.807, 2.05) is 0 Å². The number of halogens is 1. The summed E-state index contributed by atoms with van der Waals surface area (Å²) in [5.74, 6) is 1.05. The van der Waals surface area contributed by atoms with Crippen LogP contribution in [0.4, 0.5) is 11.8 Å². The maximum absolute atomic E-state index is 11.1. The first-order valence-electron chi connectivity index (χ1n) is 5.38. The topological polar surface area (TPSA) is 78.9 Å². The van der Waals surface area contributed by atoms with Gasteiger partial charge in [-0.25, -0.2) is 4.98 Å². The highest BCUT2D eigenvalue weighted by Crippen LogP contribution is 2.19. The molecule has 7 heteroatoms. The number of rotatable bonds is 6. The molecule has 0 aliphatic carbocycles. The molecule has 1 heterocycles. The molecule has 1 aromatic heterocycles. The Morgan fingerprint density at radius 3 is 2.88 bits per heavy atom. The van der Waals surface area contributed by atoms with Crippen LogP contribution in [0.3, 0.4) is 0 Å². The number of nitrogens with zero attached hydrogens (tertiary/aromatic N) is 2. The van der Waals surface area contributed by atoms with Crippen molar-refractivity contribution < 1.29 is 4.79 Å². The third kappa shape index (κ3) is 4.56. The van der Waals surface area contributed by atoms with E-state index in [-0.39, 0.29) is 12.5 Å². The van der Waals surface area contributed by atoms with Gasteiger partial charge in [-0.05, 0) is 22.4 Å². The highest BCUT2D eigenvalue weighted by Gasteiger charge is 2.05. The van der Waals surface area contributed by atoms with Crippen molar-refractivity contribution in [2.24, 2.45) is 0 Å². The molecule has 3 N–H and O–H groups in total. The van der Waals surface area contributed by atoms with Gasteiger partial charge in [-0.2, -0.15) is 4.98 Å². The number of nitrogens with one attached hydrogen (secondary N) is 3. The van der Waals surface area contributed by atoms with Gasteiger partial charge < -0.3 is 16.0 Å². The van der Waals surface area contributed by atoms with Crippen LogP contribution >= 0.6 is 15.9 Å². The summed E-state index contributed by atoms with van der Waals surface area (Å²) >= 11 is 3.32. The molecule has 0 aliphatic rings.